The summed E-state index contributed by atoms with van der Waals surface area (Å²) in [6, 6.07) is 1.15. The number of fused-ring (bicyclic) bond motifs is 1. The summed E-state index contributed by atoms with van der Waals surface area (Å²) in [4.78, 5) is 11.0. The second-order valence-electron chi connectivity index (χ2n) is 6.75. The molecule has 0 saturated heterocycles. The molecule has 0 radical (unpaired) electrons. The van der Waals surface area contributed by atoms with Gasteiger partial charge < -0.3 is 4.57 Å². The fourth-order valence-corrected chi connectivity index (χ4v) is 4.07. The zero-order valence-corrected chi connectivity index (χ0v) is 17.2. The van der Waals surface area contributed by atoms with Crippen LogP contribution in [-0.2, 0) is 29.9 Å². The van der Waals surface area contributed by atoms with Crippen molar-refractivity contribution in [3.05, 3.63) is 35.7 Å². The number of aryl methyl sites for hydroxylation is 1. The lowest BCUT2D eigenvalue weighted by Gasteiger charge is -2.19. The van der Waals surface area contributed by atoms with Gasteiger partial charge in [-0.2, -0.15) is 35.1 Å². The maximum Gasteiger partial charge on any atom is 0.458 e. The molecule has 3 aromatic heterocycles. The van der Waals surface area contributed by atoms with E-state index < -0.39 is 40.2 Å². The first-order valence-corrected chi connectivity index (χ1v) is 10.2. The maximum atomic E-state index is 13.7. The molecule has 174 valence electrons. The molecule has 5 nitrogen and oxygen atoms in total. The molecule has 0 aliphatic carbocycles. The minimum Gasteiger partial charge on any atom is -0.310 e. The van der Waals surface area contributed by atoms with Crippen molar-refractivity contribution in [1.29, 1.82) is 0 Å². The fraction of sp³-hybridized carbons (Fsp3) is 0.389. The Morgan fingerprint density at radius 2 is 1.59 bits per heavy atom. The molecule has 0 amide bonds. The van der Waals surface area contributed by atoms with E-state index in [0.29, 0.717) is 30.9 Å². The van der Waals surface area contributed by atoms with E-state index in [2.05, 4.69) is 15.0 Å². The molecule has 3 heterocycles. The number of rotatable bonds is 5. The van der Waals surface area contributed by atoms with Gasteiger partial charge in [-0.1, -0.05) is 6.92 Å². The number of hydrogen-bond acceptors (Lipinski definition) is 4. The van der Waals surface area contributed by atoms with Gasteiger partial charge in [-0.05, 0) is 18.6 Å². The van der Waals surface area contributed by atoms with Crippen LogP contribution in [-0.4, -0.2) is 35.7 Å². The molecule has 0 aliphatic rings. The summed E-state index contributed by atoms with van der Waals surface area (Å²) < 4.78 is 118. The van der Waals surface area contributed by atoms with Gasteiger partial charge in [0.15, 0.2) is 11.5 Å². The molecule has 0 bridgehead atoms. The highest BCUT2D eigenvalue weighted by Crippen LogP contribution is 2.44. The third-order valence-electron chi connectivity index (χ3n) is 4.45. The van der Waals surface area contributed by atoms with E-state index in [-0.39, 0.29) is 33.3 Å². The van der Waals surface area contributed by atoms with E-state index in [1.807, 2.05) is 0 Å². The van der Waals surface area contributed by atoms with Crippen LogP contribution in [0, 0.1) is 0 Å². The van der Waals surface area contributed by atoms with Crippen LogP contribution in [0.15, 0.2) is 29.4 Å². The standard InChI is InChI=1S/C18H14F8N4OS/c1-3-4-32(31)12-6-10(17(21,22)23)8-27-13(12)15-29-11-5-9(7-28-14(11)30(15)2)16(19,20)18(24,25)26/h5-8H,3-4H2,1-2H3. The van der Waals surface area contributed by atoms with E-state index in [9.17, 15) is 39.3 Å². The van der Waals surface area contributed by atoms with Crippen LogP contribution in [0.5, 0.6) is 0 Å². The zero-order valence-electron chi connectivity index (χ0n) is 16.4. The minimum absolute atomic E-state index is 0.0140. The van der Waals surface area contributed by atoms with Crippen molar-refractivity contribution >= 4 is 22.0 Å². The lowest BCUT2D eigenvalue weighted by Crippen LogP contribution is -2.33. The molecule has 3 rings (SSSR count). The lowest BCUT2D eigenvalue weighted by atomic mass is 10.1. The van der Waals surface area contributed by atoms with Gasteiger partial charge in [-0.25, -0.2) is 9.97 Å². The van der Waals surface area contributed by atoms with Gasteiger partial charge in [-0.3, -0.25) is 9.19 Å². The van der Waals surface area contributed by atoms with Crippen molar-refractivity contribution in [2.75, 3.05) is 5.75 Å². The first-order chi connectivity index (χ1) is 14.7. The van der Waals surface area contributed by atoms with E-state index in [4.69, 9.17) is 0 Å². The Morgan fingerprint density at radius 3 is 2.16 bits per heavy atom. The van der Waals surface area contributed by atoms with Crippen LogP contribution in [0.3, 0.4) is 0 Å². The Morgan fingerprint density at radius 1 is 0.969 bits per heavy atom. The average molecular weight is 486 g/mol. The molecule has 14 heteroatoms. The van der Waals surface area contributed by atoms with Crippen LogP contribution in [0.25, 0.3) is 22.7 Å². The summed E-state index contributed by atoms with van der Waals surface area (Å²) in [5.74, 6) is -5.36. The first kappa shape index (κ1) is 24.0. The van der Waals surface area contributed by atoms with Gasteiger partial charge in [0.25, 0.3) is 0 Å². The van der Waals surface area contributed by atoms with Crippen LogP contribution in [0.2, 0.25) is 0 Å². The number of nitrogens with zero attached hydrogens (tertiary/aromatic N) is 4. The molecule has 0 fully saturated rings. The number of imidazole rings is 1. The van der Waals surface area contributed by atoms with Crippen LogP contribution in [0.4, 0.5) is 35.1 Å². The molecule has 0 aliphatic heterocycles. The number of pyridine rings is 2. The van der Waals surface area contributed by atoms with Crippen molar-refractivity contribution < 1.29 is 39.3 Å². The van der Waals surface area contributed by atoms with E-state index >= 15 is 0 Å². The average Bonchev–Trinajstić information content (AvgIpc) is 3.02. The maximum absolute atomic E-state index is 13.7. The summed E-state index contributed by atoms with van der Waals surface area (Å²) in [5.41, 5.74) is -3.30. The molecule has 1 unspecified atom stereocenters. The molecule has 3 aromatic rings. The Bertz CT molecular complexity index is 1190. The zero-order chi connectivity index (χ0) is 24.1. The van der Waals surface area contributed by atoms with Gasteiger partial charge in [-0.15, -0.1) is 0 Å². The van der Waals surface area contributed by atoms with Crippen molar-refractivity contribution in [2.45, 2.75) is 36.5 Å². The Labute approximate surface area is 178 Å². The van der Waals surface area contributed by atoms with E-state index in [1.54, 1.807) is 6.92 Å². The van der Waals surface area contributed by atoms with Gasteiger partial charge >= 0.3 is 18.3 Å². The Kier molecular flexibility index (Phi) is 6.04. The van der Waals surface area contributed by atoms with Crippen molar-refractivity contribution in [1.82, 2.24) is 19.5 Å². The number of hydrogen-bond donors (Lipinski definition) is 0. The largest absolute Gasteiger partial charge is 0.458 e. The van der Waals surface area contributed by atoms with Crippen molar-refractivity contribution in [3.63, 3.8) is 0 Å². The third kappa shape index (κ3) is 4.19. The van der Waals surface area contributed by atoms with Crippen LogP contribution in [0.1, 0.15) is 24.5 Å². The second kappa shape index (κ2) is 8.05. The molecule has 32 heavy (non-hydrogen) atoms. The Balaban J connectivity index is 2.21. The van der Waals surface area contributed by atoms with E-state index in [0.717, 1.165) is 4.57 Å². The first-order valence-electron chi connectivity index (χ1n) is 8.92. The summed E-state index contributed by atoms with van der Waals surface area (Å²) in [5, 5.41) is 0. The smallest absolute Gasteiger partial charge is 0.310 e. The van der Waals surface area contributed by atoms with E-state index in [1.165, 1.54) is 7.05 Å². The number of aromatic nitrogens is 4. The third-order valence-corrected chi connectivity index (χ3v) is 6.04. The minimum atomic E-state index is -5.86. The van der Waals surface area contributed by atoms with Gasteiger partial charge in [0, 0.05) is 25.2 Å². The quantitative estimate of drug-likeness (QED) is 0.464. The normalized spacial score (nSPS) is 14.2. The highest BCUT2D eigenvalue weighted by molar-refractivity contribution is 7.85. The monoisotopic (exact) mass is 486 g/mol. The predicted molar refractivity (Wildman–Crippen MR) is 98.3 cm³/mol. The van der Waals surface area contributed by atoms with Gasteiger partial charge in [0.05, 0.1) is 26.8 Å². The summed E-state index contributed by atoms with van der Waals surface area (Å²) in [6.07, 6.45) is -9.40. The Hall–Kier alpha value is -2.64. The molecular weight excluding hydrogens is 472 g/mol. The topological polar surface area (TPSA) is 60.7 Å². The summed E-state index contributed by atoms with van der Waals surface area (Å²) >= 11 is 0. The summed E-state index contributed by atoms with van der Waals surface area (Å²) in [7, 11) is -0.581. The van der Waals surface area contributed by atoms with Gasteiger partial charge in [0.2, 0.25) is 0 Å². The molecule has 0 N–H and O–H groups in total. The number of alkyl halides is 8. The summed E-state index contributed by atoms with van der Waals surface area (Å²) in [6.45, 7) is 1.67. The van der Waals surface area contributed by atoms with Crippen molar-refractivity contribution in [2.24, 2.45) is 7.05 Å². The molecule has 0 spiro atoms. The van der Waals surface area contributed by atoms with Crippen LogP contribution < -0.4 is 0 Å². The fourth-order valence-electron chi connectivity index (χ4n) is 2.86. The molecule has 0 saturated carbocycles. The highest BCUT2D eigenvalue weighted by atomic mass is 32.2. The van der Waals surface area contributed by atoms with Crippen LogP contribution >= 0.6 is 0 Å². The predicted octanol–water partition coefficient (Wildman–Crippen LogP) is 5.22. The molecular formula is C18H14F8N4OS. The SMILES string of the molecule is CCCS(=O)c1cc(C(F)(F)F)cnc1-c1nc2cc(C(F)(F)C(F)(F)F)cnc2n1C. The highest BCUT2D eigenvalue weighted by Gasteiger charge is 2.59. The molecule has 1 atom stereocenters. The lowest BCUT2D eigenvalue weighted by molar-refractivity contribution is -0.289. The number of halogens is 8. The van der Waals surface area contributed by atoms with Crippen molar-refractivity contribution in [3.8, 4) is 11.5 Å². The molecule has 0 aromatic carbocycles. The second-order valence-corrected chi connectivity index (χ2v) is 8.29. The van der Waals surface area contributed by atoms with Gasteiger partial charge in [0.1, 0.15) is 11.2 Å².